The fourth-order valence-electron chi connectivity index (χ4n) is 3.79. The van der Waals surface area contributed by atoms with Gasteiger partial charge in [-0.2, -0.15) is 0 Å². The smallest absolute Gasteiger partial charge is 0.193 e. The molecule has 5 nitrogen and oxygen atoms in total. The minimum absolute atomic E-state index is 0.823. The highest BCUT2D eigenvalue weighted by Crippen LogP contribution is 2.22. The highest BCUT2D eigenvalue weighted by atomic mass is 32.1. The molecule has 0 fully saturated rings. The second kappa shape index (κ2) is 9.01. The molecule has 0 aliphatic carbocycles. The van der Waals surface area contributed by atoms with E-state index in [9.17, 15) is 0 Å². The van der Waals surface area contributed by atoms with Gasteiger partial charge in [-0.1, -0.05) is 24.3 Å². The van der Waals surface area contributed by atoms with Gasteiger partial charge in [0.05, 0.1) is 0 Å². The maximum Gasteiger partial charge on any atom is 0.193 e. The number of thiazole rings is 2. The van der Waals surface area contributed by atoms with Gasteiger partial charge in [-0.15, -0.1) is 22.7 Å². The highest BCUT2D eigenvalue weighted by molar-refractivity contribution is 7.12. The first-order chi connectivity index (χ1) is 15.3. The fourth-order valence-corrected chi connectivity index (χ4v) is 5.10. The van der Waals surface area contributed by atoms with Crippen LogP contribution >= 0.6 is 22.7 Å². The Kier molecular flexibility index (Phi) is 5.80. The monoisotopic (exact) mass is 445 g/mol. The topological polar surface area (TPSA) is 38.9 Å². The molecular weight excluding hydrogens is 422 g/mol. The van der Waals surface area contributed by atoms with Crippen LogP contribution < -0.4 is 0 Å². The van der Waals surface area contributed by atoms with Gasteiger partial charge in [0.25, 0.3) is 0 Å². The molecule has 5 rings (SSSR count). The number of hydrogen-bond donors (Lipinski definition) is 0. The van der Waals surface area contributed by atoms with Crippen LogP contribution in [0.5, 0.6) is 0 Å². The van der Waals surface area contributed by atoms with E-state index >= 15 is 0 Å². The molecular formula is C24H23N5S2. The normalized spacial score (nSPS) is 11.4. The third-order valence-electron chi connectivity index (χ3n) is 5.34. The van der Waals surface area contributed by atoms with E-state index in [1.54, 1.807) is 22.7 Å². The summed E-state index contributed by atoms with van der Waals surface area (Å²) < 4.78 is 4.38. The van der Waals surface area contributed by atoms with E-state index in [0.29, 0.717) is 0 Å². The standard InChI is InChI=1S/C24H23N5S2/c1-19-6-2-3-7-20(19)16-27(17-21-8-4-12-28(21)23-25-10-14-30-23)18-22-9-5-13-29(22)24-26-11-15-31-24/h2-15H,16-18H2,1H3. The molecule has 0 amide bonds. The number of hydrogen-bond acceptors (Lipinski definition) is 5. The first kappa shape index (κ1) is 19.9. The molecule has 0 unspecified atom stereocenters. The summed E-state index contributed by atoms with van der Waals surface area (Å²) in [5.41, 5.74) is 5.13. The summed E-state index contributed by atoms with van der Waals surface area (Å²) in [6.45, 7) is 4.71. The van der Waals surface area contributed by atoms with Gasteiger partial charge in [0.15, 0.2) is 10.3 Å². The van der Waals surface area contributed by atoms with Gasteiger partial charge in [0.1, 0.15) is 0 Å². The molecule has 0 radical (unpaired) electrons. The first-order valence-corrected chi connectivity index (χ1v) is 11.9. The lowest BCUT2D eigenvalue weighted by atomic mass is 10.1. The number of rotatable bonds is 8. The van der Waals surface area contributed by atoms with Crippen LogP contribution in [-0.4, -0.2) is 24.0 Å². The maximum absolute atomic E-state index is 4.50. The van der Waals surface area contributed by atoms with Crippen molar-refractivity contribution in [1.82, 2.24) is 24.0 Å². The largest absolute Gasteiger partial charge is 0.296 e. The highest BCUT2D eigenvalue weighted by Gasteiger charge is 2.16. The van der Waals surface area contributed by atoms with Crippen molar-refractivity contribution in [2.24, 2.45) is 0 Å². The van der Waals surface area contributed by atoms with E-state index in [1.807, 2.05) is 23.2 Å². The molecule has 0 aliphatic rings. The average molecular weight is 446 g/mol. The Balaban J connectivity index is 1.46. The van der Waals surface area contributed by atoms with Gasteiger partial charge < -0.3 is 0 Å². The van der Waals surface area contributed by atoms with Crippen molar-refractivity contribution >= 4 is 22.7 Å². The Labute approximate surface area is 189 Å². The van der Waals surface area contributed by atoms with Crippen LogP contribution in [0, 0.1) is 6.92 Å². The number of nitrogens with zero attached hydrogens (tertiary/aromatic N) is 5. The molecule has 0 saturated carbocycles. The Hall–Kier alpha value is -3.00. The van der Waals surface area contributed by atoms with Gasteiger partial charge in [-0.3, -0.25) is 14.0 Å². The van der Waals surface area contributed by atoms with E-state index in [-0.39, 0.29) is 0 Å². The molecule has 156 valence electrons. The Morgan fingerprint density at radius 1 is 0.742 bits per heavy atom. The van der Waals surface area contributed by atoms with Crippen LogP contribution in [0.15, 0.2) is 84.1 Å². The quantitative estimate of drug-likeness (QED) is 0.308. The van der Waals surface area contributed by atoms with Crippen LogP contribution in [0.4, 0.5) is 0 Å². The molecule has 0 bridgehead atoms. The summed E-state index contributed by atoms with van der Waals surface area (Å²) >= 11 is 3.31. The molecule has 0 saturated heterocycles. The van der Waals surface area contributed by atoms with Crippen LogP contribution in [0.3, 0.4) is 0 Å². The fraction of sp³-hybridized carbons (Fsp3) is 0.167. The van der Waals surface area contributed by atoms with Crippen molar-refractivity contribution in [3.8, 4) is 10.3 Å². The molecule has 0 aliphatic heterocycles. The number of aryl methyl sites for hydroxylation is 1. The van der Waals surface area contributed by atoms with Crippen molar-refractivity contribution in [2.45, 2.75) is 26.6 Å². The van der Waals surface area contributed by atoms with E-state index in [4.69, 9.17) is 0 Å². The van der Waals surface area contributed by atoms with Gasteiger partial charge in [-0.05, 0) is 42.3 Å². The third kappa shape index (κ3) is 4.39. The van der Waals surface area contributed by atoms with Gasteiger partial charge in [0.2, 0.25) is 0 Å². The molecule has 0 spiro atoms. The molecule has 4 aromatic heterocycles. The summed E-state index contributed by atoms with van der Waals surface area (Å²) in [7, 11) is 0. The minimum Gasteiger partial charge on any atom is -0.296 e. The van der Waals surface area contributed by atoms with Gasteiger partial charge in [0, 0.05) is 66.6 Å². The molecule has 1 aromatic carbocycles. The molecule has 0 N–H and O–H groups in total. The lowest BCUT2D eigenvalue weighted by Gasteiger charge is -2.24. The first-order valence-electron chi connectivity index (χ1n) is 10.2. The zero-order valence-electron chi connectivity index (χ0n) is 17.3. The second-order valence-electron chi connectivity index (χ2n) is 7.44. The van der Waals surface area contributed by atoms with E-state index in [2.05, 4.69) is 91.9 Å². The van der Waals surface area contributed by atoms with Crippen molar-refractivity contribution < 1.29 is 0 Å². The summed E-state index contributed by atoms with van der Waals surface area (Å²) in [5.74, 6) is 0. The lowest BCUT2D eigenvalue weighted by Crippen LogP contribution is -2.25. The van der Waals surface area contributed by atoms with Crippen LogP contribution in [-0.2, 0) is 19.6 Å². The van der Waals surface area contributed by atoms with Crippen LogP contribution in [0.1, 0.15) is 22.5 Å². The summed E-state index contributed by atoms with van der Waals surface area (Å²) in [6.07, 6.45) is 7.91. The molecule has 7 heteroatoms. The minimum atomic E-state index is 0.823. The van der Waals surface area contributed by atoms with Crippen molar-refractivity contribution in [3.05, 3.63) is 107 Å². The Bertz CT molecular complexity index is 1160. The number of benzene rings is 1. The van der Waals surface area contributed by atoms with E-state index < -0.39 is 0 Å². The Morgan fingerprint density at radius 3 is 1.84 bits per heavy atom. The predicted octanol–water partition coefficient (Wildman–Crippen LogP) is 5.69. The summed E-state index contributed by atoms with van der Waals surface area (Å²) in [5, 5.41) is 6.04. The molecule has 4 heterocycles. The average Bonchev–Trinajstić information content (AvgIpc) is 3.56. The van der Waals surface area contributed by atoms with Crippen LogP contribution in [0.25, 0.3) is 10.3 Å². The number of aromatic nitrogens is 4. The van der Waals surface area contributed by atoms with Crippen molar-refractivity contribution in [3.63, 3.8) is 0 Å². The summed E-state index contributed by atoms with van der Waals surface area (Å²) in [4.78, 5) is 11.5. The lowest BCUT2D eigenvalue weighted by molar-refractivity contribution is 0.238. The van der Waals surface area contributed by atoms with Crippen LogP contribution in [0.2, 0.25) is 0 Å². The van der Waals surface area contributed by atoms with Crippen molar-refractivity contribution in [1.29, 1.82) is 0 Å². The van der Waals surface area contributed by atoms with Gasteiger partial charge >= 0.3 is 0 Å². The maximum atomic E-state index is 4.50. The SMILES string of the molecule is Cc1ccccc1CN(Cc1cccn1-c1nccs1)Cc1cccn1-c1nccs1. The zero-order chi connectivity index (χ0) is 21.0. The Morgan fingerprint density at radius 2 is 1.32 bits per heavy atom. The molecule has 0 atom stereocenters. The van der Waals surface area contributed by atoms with E-state index in [1.165, 1.54) is 22.5 Å². The summed E-state index contributed by atoms with van der Waals surface area (Å²) in [6, 6.07) is 17.2. The molecule has 31 heavy (non-hydrogen) atoms. The van der Waals surface area contributed by atoms with Crippen molar-refractivity contribution in [2.75, 3.05) is 0 Å². The molecule has 5 aromatic rings. The van der Waals surface area contributed by atoms with Gasteiger partial charge in [-0.25, -0.2) is 9.97 Å². The predicted molar refractivity (Wildman–Crippen MR) is 127 cm³/mol. The zero-order valence-corrected chi connectivity index (χ0v) is 18.9. The second-order valence-corrected chi connectivity index (χ2v) is 9.19. The van der Waals surface area contributed by atoms with E-state index in [0.717, 1.165) is 29.9 Å². The third-order valence-corrected chi connectivity index (χ3v) is 6.88.